The Balaban J connectivity index is 1.79. The summed E-state index contributed by atoms with van der Waals surface area (Å²) in [6, 6.07) is 12.7. The second-order valence-corrected chi connectivity index (χ2v) is 5.56. The van der Waals surface area contributed by atoms with Crippen LogP contribution in [-0.4, -0.2) is 32.3 Å². The second-order valence-electron chi connectivity index (χ2n) is 5.56. The van der Waals surface area contributed by atoms with E-state index >= 15 is 0 Å². The van der Waals surface area contributed by atoms with Crippen molar-refractivity contribution in [2.24, 2.45) is 0 Å². The Labute approximate surface area is 152 Å². The lowest BCUT2D eigenvalue weighted by molar-refractivity contribution is 0.161. The van der Waals surface area contributed by atoms with E-state index in [1.807, 2.05) is 0 Å². The molecule has 0 saturated heterocycles. The van der Waals surface area contributed by atoms with Crippen LogP contribution < -0.4 is 15.5 Å². The number of nitrogens with zero attached hydrogens (tertiary/aromatic N) is 1. The molecule has 0 fully saturated rings. The van der Waals surface area contributed by atoms with Gasteiger partial charge in [-0.05, 0) is 55.3 Å². The van der Waals surface area contributed by atoms with Crippen molar-refractivity contribution in [1.82, 2.24) is 5.32 Å². The maximum absolute atomic E-state index is 12.8. The first-order valence-corrected chi connectivity index (χ1v) is 8.29. The van der Waals surface area contributed by atoms with E-state index < -0.39 is 6.09 Å². The number of urea groups is 1. The van der Waals surface area contributed by atoms with Crippen molar-refractivity contribution in [3.63, 3.8) is 0 Å². The summed E-state index contributed by atoms with van der Waals surface area (Å²) in [4.78, 5) is 25.0. The van der Waals surface area contributed by atoms with Gasteiger partial charge in [0.2, 0.25) is 0 Å². The Morgan fingerprint density at radius 3 is 2.35 bits per heavy atom. The molecule has 0 radical (unpaired) electrons. The van der Waals surface area contributed by atoms with Crippen LogP contribution in [0.2, 0.25) is 0 Å². The maximum Gasteiger partial charge on any atom is 0.413 e. The molecule has 0 aliphatic heterocycles. The topological polar surface area (TPSA) is 70.7 Å². The highest BCUT2D eigenvalue weighted by Gasteiger charge is 2.11. The van der Waals surface area contributed by atoms with Crippen LogP contribution in [0.4, 0.5) is 25.4 Å². The van der Waals surface area contributed by atoms with Gasteiger partial charge in [0.15, 0.2) is 0 Å². The average molecular weight is 359 g/mol. The summed E-state index contributed by atoms with van der Waals surface area (Å²) in [5, 5.41) is 5.45. The number of nitrogens with one attached hydrogen (secondary N) is 2. The zero-order valence-electron chi connectivity index (χ0n) is 14.8. The monoisotopic (exact) mass is 359 g/mol. The average Bonchev–Trinajstić information content (AvgIpc) is 2.63. The van der Waals surface area contributed by atoms with E-state index in [1.54, 1.807) is 50.4 Å². The van der Waals surface area contributed by atoms with Gasteiger partial charge in [-0.2, -0.15) is 0 Å². The van der Waals surface area contributed by atoms with Crippen molar-refractivity contribution in [3.8, 4) is 0 Å². The van der Waals surface area contributed by atoms with E-state index in [9.17, 15) is 14.0 Å². The van der Waals surface area contributed by atoms with Crippen LogP contribution in [0.5, 0.6) is 0 Å². The summed E-state index contributed by atoms with van der Waals surface area (Å²) in [6.45, 7) is 2.48. The van der Waals surface area contributed by atoms with Crippen molar-refractivity contribution in [2.75, 3.05) is 30.4 Å². The van der Waals surface area contributed by atoms with Crippen LogP contribution in [0.15, 0.2) is 48.5 Å². The third kappa shape index (κ3) is 5.77. The predicted octanol–water partition coefficient (Wildman–Crippen LogP) is 3.78. The SMILES string of the molecule is CCOC(=O)N(C)c1ccc(NC(=O)NCCc2ccc(F)cc2)cc1. The van der Waals surface area contributed by atoms with Crippen LogP contribution >= 0.6 is 0 Å². The number of hydrogen-bond acceptors (Lipinski definition) is 3. The molecule has 26 heavy (non-hydrogen) atoms. The van der Waals surface area contributed by atoms with Crippen molar-refractivity contribution in [3.05, 3.63) is 59.9 Å². The van der Waals surface area contributed by atoms with Gasteiger partial charge in [0.1, 0.15) is 5.82 Å². The van der Waals surface area contributed by atoms with E-state index in [4.69, 9.17) is 4.74 Å². The maximum atomic E-state index is 12.8. The fourth-order valence-electron chi connectivity index (χ4n) is 2.24. The molecule has 0 spiro atoms. The first kappa shape index (κ1) is 19.2. The lowest BCUT2D eigenvalue weighted by Gasteiger charge is -2.17. The number of carbonyl (C=O) groups is 2. The predicted molar refractivity (Wildman–Crippen MR) is 99.0 cm³/mol. The second kappa shape index (κ2) is 9.41. The van der Waals surface area contributed by atoms with Crippen LogP contribution in [0.25, 0.3) is 0 Å². The van der Waals surface area contributed by atoms with Crippen molar-refractivity contribution in [2.45, 2.75) is 13.3 Å². The van der Waals surface area contributed by atoms with Gasteiger partial charge in [-0.3, -0.25) is 4.90 Å². The summed E-state index contributed by atoms with van der Waals surface area (Å²) in [5.74, 6) is -0.281. The minimum atomic E-state index is -0.438. The fraction of sp³-hybridized carbons (Fsp3) is 0.263. The molecule has 2 aromatic carbocycles. The summed E-state index contributed by atoms with van der Waals surface area (Å²) in [6.07, 6.45) is 0.170. The third-order valence-corrected chi connectivity index (χ3v) is 3.67. The van der Waals surface area contributed by atoms with E-state index in [0.717, 1.165) is 5.56 Å². The normalized spacial score (nSPS) is 10.1. The molecule has 2 aromatic rings. The van der Waals surface area contributed by atoms with Crippen molar-refractivity contribution in [1.29, 1.82) is 0 Å². The lowest BCUT2D eigenvalue weighted by atomic mass is 10.1. The van der Waals surface area contributed by atoms with E-state index in [1.165, 1.54) is 17.0 Å². The zero-order chi connectivity index (χ0) is 18.9. The Morgan fingerprint density at radius 1 is 1.08 bits per heavy atom. The van der Waals surface area contributed by atoms with Crippen molar-refractivity contribution < 1.29 is 18.7 Å². The molecule has 6 nitrogen and oxygen atoms in total. The van der Waals surface area contributed by atoms with E-state index in [0.29, 0.717) is 30.9 Å². The summed E-state index contributed by atoms with van der Waals surface area (Å²) in [5.41, 5.74) is 2.20. The van der Waals surface area contributed by atoms with E-state index in [2.05, 4.69) is 10.6 Å². The molecule has 0 aliphatic carbocycles. The summed E-state index contributed by atoms with van der Waals surface area (Å²) >= 11 is 0. The first-order chi connectivity index (χ1) is 12.5. The number of ether oxygens (including phenoxy) is 1. The number of benzene rings is 2. The number of carbonyl (C=O) groups excluding carboxylic acids is 2. The minimum absolute atomic E-state index is 0.281. The molecule has 3 amide bonds. The van der Waals surface area contributed by atoms with Gasteiger partial charge in [-0.25, -0.2) is 14.0 Å². The highest BCUT2D eigenvalue weighted by atomic mass is 19.1. The smallest absolute Gasteiger partial charge is 0.413 e. The number of amides is 3. The molecule has 0 bridgehead atoms. The number of halogens is 1. The van der Waals surface area contributed by atoms with Gasteiger partial charge in [-0.15, -0.1) is 0 Å². The third-order valence-electron chi connectivity index (χ3n) is 3.67. The molecule has 138 valence electrons. The van der Waals surface area contributed by atoms with Crippen molar-refractivity contribution >= 4 is 23.5 Å². The fourth-order valence-corrected chi connectivity index (χ4v) is 2.24. The molecule has 7 heteroatoms. The van der Waals surface area contributed by atoms with Gasteiger partial charge in [0.25, 0.3) is 0 Å². The molecule has 0 aromatic heterocycles. The van der Waals surface area contributed by atoms with Gasteiger partial charge in [-0.1, -0.05) is 12.1 Å². The van der Waals surface area contributed by atoms with Gasteiger partial charge in [0.05, 0.1) is 6.61 Å². The molecular weight excluding hydrogens is 337 g/mol. The number of rotatable bonds is 6. The largest absolute Gasteiger partial charge is 0.449 e. The molecule has 2 N–H and O–H groups in total. The number of hydrogen-bond donors (Lipinski definition) is 2. The summed E-state index contributed by atoms with van der Waals surface area (Å²) < 4.78 is 17.8. The highest BCUT2D eigenvalue weighted by Crippen LogP contribution is 2.17. The molecule has 0 aliphatic rings. The Morgan fingerprint density at radius 2 is 1.73 bits per heavy atom. The Hall–Kier alpha value is -3.09. The van der Waals surface area contributed by atoms with Crippen LogP contribution in [-0.2, 0) is 11.2 Å². The molecule has 2 rings (SSSR count). The Bertz CT molecular complexity index is 733. The van der Waals surface area contributed by atoms with Gasteiger partial charge >= 0.3 is 12.1 Å². The first-order valence-electron chi connectivity index (χ1n) is 8.29. The number of anilines is 2. The Kier molecular flexibility index (Phi) is 6.96. The molecule has 0 saturated carbocycles. The zero-order valence-corrected chi connectivity index (χ0v) is 14.8. The molecular formula is C19H22FN3O3. The molecule has 0 unspecified atom stereocenters. The van der Waals surface area contributed by atoms with E-state index in [-0.39, 0.29) is 11.8 Å². The van der Waals surface area contributed by atoms with Crippen LogP contribution in [0.3, 0.4) is 0 Å². The molecule has 0 heterocycles. The van der Waals surface area contributed by atoms with Gasteiger partial charge in [0, 0.05) is 25.0 Å². The minimum Gasteiger partial charge on any atom is -0.449 e. The summed E-state index contributed by atoms with van der Waals surface area (Å²) in [7, 11) is 1.61. The molecule has 0 atom stereocenters. The quantitative estimate of drug-likeness (QED) is 0.824. The lowest BCUT2D eigenvalue weighted by Crippen LogP contribution is -2.30. The highest BCUT2D eigenvalue weighted by molar-refractivity contribution is 5.90. The van der Waals surface area contributed by atoms with Crippen LogP contribution in [0.1, 0.15) is 12.5 Å². The van der Waals surface area contributed by atoms with Gasteiger partial charge < -0.3 is 15.4 Å². The van der Waals surface area contributed by atoms with Crippen LogP contribution in [0, 0.1) is 5.82 Å². The standard InChI is InChI=1S/C19H22FN3O3/c1-3-26-19(25)23(2)17-10-8-16(9-11-17)22-18(24)21-13-12-14-4-6-15(20)7-5-14/h4-11H,3,12-13H2,1-2H3,(H2,21,22,24).